The number of pyridine rings is 1. The fourth-order valence-electron chi connectivity index (χ4n) is 3.02. The van der Waals surface area contributed by atoms with Gasteiger partial charge in [0.2, 0.25) is 0 Å². The van der Waals surface area contributed by atoms with E-state index < -0.39 is 17.3 Å². The van der Waals surface area contributed by atoms with Crippen molar-refractivity contribution in [1.29, 1.82) is 0 Å². The Labute approximate surface area is 176 Å². The molecule has 0 aliphatic rings. The zero-order chi connectivity index (χ0) is 21.8. The summed E-state index contributed by atoms with van der Waals surface area (Å²) < 4.78 is 35.9. The number of aromatic nitrogens is 4. The van der Waals surface area contributed by atoms with Gasteiger partial charge >= 0.3 is 5.69 Å². The fourth-order valence-corrected chi connectivity index (χ4v) is 3.02. The molecule has 2 aromatic heterocycles. The van der Waals surface area contributed by atoms with Gasteiger partial charge in [-0.15, -0.1) is 0 Å². The lowest BCUT2D eigenvalue weighted by atomic mass is 10.2. The summed E-state index contributed by atoms with van der Waals surface area (Å²) in [6.07, 6.45) is 2.89. The molecule has 0 aliphatic carbocycles. The second kappa shape index (κ2) is 8.78. The van der Waals surface area contributed by atoms with E-state index in [-0.39, 0.29) is 12.1 Å². The summed E-state index contributed by atoms with van der Waals surface area (Å²) in [5.74, 6) is 0.467. The van der Waals surface area contributed by atoms with Crippen molar-refractivity contribution < 1.29 is 13.5 Å². The van der Waals surface area contributed by atoms with Crippen molar-refractivity contribution in [1.82, 2.24) is 19.3 Å². The zero-order valence-corrected chi connectivity index (χ0v) is 16.6. The molecule has 2 heterocycles. The van der Waals surface area contributed by atoms with E-state index in [4.69, 9.17) is 4.74 Å². The largest absolute Gasteiger partial charge is 0.457 e. The third-order valence-corrected chi connectivity index (χ3v) is 4.53. The number of rotatable bonds is 7. The Balaban J connectivity index is 1.52. The highest BCUT2D eigenvalue weighted by Crippen LogP contribution is 2.23. The highest BCUT2D eigenvalue weighted by atomic mass is 19.1. The molecule has 1 N–H and O–H groups in total. The van der Waals surface area contributed by atoms with Crippen LogP contribution in [0.5, 0.6) is 11.5 Å². The van der Waals surface area contributed by atoms with Crippen molar-refractivity contribution in [2.75, 3.05) is 11.9 Å². The first-order valence-corrected chi connectivity index (χ1v) is 9.60. The van der Waals surface area contributed by atoms with E-state index in [0.717, 1.165) is 27.9 Å². The van der Waals surface area contributed by atoms with Gasteiger partial charge in [-0.05, 0) is 49.4 Å². The summed E-state index contributed by atoms with van der Waals surface area (Å²) >= 11 is 0. The predicted molar refractivity (Wildman–Crippen MR) is 112 cm³/mol. The lowest BCUT2D eigenvalue weighted by Gasteiger charge is -2.08. The Hall–Kier alpha value is -4.01. The van der Waals surface area contributed by atoms with Gasteiger partial charge in [0.1, 0.15) is 35.3 Å². The molecule has 0 saturated heterocycles. The molecule has 2 aromatic carbocycles. The van der Waals surface area contributed by atoms with Crippen LogP contribution in [0.1, 0.15) is 12.5 Å². The lowest BCUT2D eigenvalue weighted by molar-refractivity contribution is 0.482. The SMILES string of the molecule is CCNc1cc(Oc2ccc(-n3ncn(Cc4c(F)cccc4F)c3=O)cc2)ccn1. The molecule has 0 spiro atoms. The maximum atomic E-state index is 13.9. The predicted octanol–water partition coefficient (Wildman–Crippen LogP) is 3.98. The molecular weight excluding hydrogens is 404 g/mol. The molecule has 4 aromatic rings. The average Bonchev–Trinajstić information content (AvgIpc) is 3.12. The van der Waals surface area contributed by atoms with Crippen LogP contribution in [0, 0.1) is 11.6 Å². The van der Waals surface area contributed by atoms with Gasteiger partial charge in [0.05, 0.1) is 12.2 Å². The van der Waals surface area contributed by atoms with E-state index >= 15 is 0 Å². The Morgan fingerprint density at radius 1 is 1.03 bits per heavy atom. The highest BCUT2D eigenvalue weighted by Gasteiger charge is 2.13. The van der Waals surface area contributed by atoms with Crippen molar-refractivity contribution in [2.45, 2.75) is 13.5 Å². The van der Waals surface area contributed by atoms with Crippen LogP contribution in [0.3, 0.4) is 0 Å². The maximum absolute atomic E-state index is 13.9. The van der Waals surface area contributed by atoms with Gasteiger partial charge in [-0.1, -0.05) is 6.07 Å². The Morgan fingerprint density at radius 3 is 2.48 bits per heavy atom. The van der Waals surface area contributed by atoms with Crippen molar-refractivity contribution in [3.63, 3.8) is 0 Å². The van der Waals surface area contributed by atoms with Gasteiger partial charge in [0.15, 0.2) is 0 Å². The number of ether oxygens (including phenoxy) is 1. The lowest BCUT2D eigenvalue weighted by Crippen LogP contribution is -2.24. The van der Waals surface area contributed by atoms with Crippen molar-refractivity contribution in [3.8, 4) is 17.2 Å². The van der Waals surface area contributed by atoms with Crippen molar-refractivity contribution >= 4 is 5.82 Å². The summed E-state index contributed by atoms with van der Waals surface area (Å²) in [6.45, 7) is 2.47. The monoisotopic (exact) mass is 423 g/mol. The van der Waals surface area contributed by atoms with E-state index in [1.54, 1.807) is 42.6 Å². The molecule has 0 saturated carbocycles. The summed E-state index contributed by atoms with van der Waals surface area (Å²) in [5, 5.41) is 7.16. The van der Waals surface area contributed by atoms with Crippen molar-refractivity contribution in [2.24, 2.45) is 0 Å². The number of hydrogen-bond acceptors (Lipinski definition) is 5. The average molecular weight is 423 g/mol. The molecule has 0 fully saturated rings. The number of halogens is 2. The van der Waals surface area contributed by atoms with Crippen LogP contribution in [0.2, 0.25) is 0 Å². The van der Waals surface area contributed by atoms with Gasteiger partial charge < -0.3 is 10.1 Å². The van der Waals surface area contributed by atoms with E-state index in [9.17, 15) is 13.6 Å². The first kappa shape index (κ1) is 20.3. The third-order valence-electron chi connectivity index (χ3n) is 4.53. The Kier molecular flexibility index (Phi) is 5.74. The van der Waals surface area contributed by atoms with Crippen LogP contribution < -0.4 is 15.7 Å². The van der Waals surface area contributed by atoms with Crippen LogP contribution >= 0.6 is 0 Å². The van der Waals surface area contributed by atoms with Crippen LogP contribution in [0.15, 0.2) is 71.9 Å². The van der Waals surface area contributed by atoms with Crippen molar-refractivity contribution in [3.05, 3.63) is 94.8 Å². The number of nitrogens with one attached hydrogen (secondary N) is 1. The fraction of sp³-hybridized carbons (Fsp3) is 0.136. The molecule has 158 valence electrons. The zero-order valence-electron chi connectivity index (χ0n) is 16.6. The minimum atomic E-state index is -0.713. The molecule has 9 heteroatoms. The number of benzene rings is 2. The van der Waals surface area contributed by atoms with Crippen LogP contribution in [0.4, 0.5) is 14.6 Å². The maximum Gasteiger partial charge on any atom is 0.350 e. The first-order chi connectivity index (χ1) is 15.0. The molecule has 0 amide bonds. The molecule has 0 radical (unpaired) electrons. The summed E-state index contributed by atoms with van der Waals surface area (Å²) in [7, 11) is 0. The van der Waals surface area contributed by atoms with Gasteiger partial charge in [-0.2, -0.15) is 9.78 Å². The molecule has 4 rings (SSSR count). The summed E-state index contributed by atoms with van der Waals surface area (Å²) in [4.78, 5) is 16.8. The first-order valence-electron chi connectivity index (χ1n) is 9.60. The second-order valence-corrected chi connectivity index (χ2v) is 6.66. The van der Waals surface area contributed by atoms with Crippen LogP contribution in [-0.2, 0) is 6.54 Å². The Morgan fingerprint density at radius 2 is 1.77 bits per heavy atom. The second-order valence-electron chi connectivity index (χ2n) is 6.66. The van der Waals surface area contributed by atoms with Crippen LogP contribution in [-0.4, -0.2) is 25.9 Å². The summed E-state index contributed by atoms with van der Waals surface area (Å²) in [5.41, 5.74) is -0.212. The smallest absolute Gasteiger partial charge is 0.350 e. The number of anilines is 1. The molecule has 0 unspecified atom stereocenters. The molecule has 0 aliphatic heterocycles. The Bertz CT molecular complexity index is 1230. The van der Waals surface area contributed by atoms with E-state index in [1.165, 1.54) is 12.4 Å². The van der Waals surface area contributed by atoms with Gasteiger partial charge in [-0.3, -0.25) is 4.57 Å². The third kappa shape index (κ3) is 4.45. The molecule has 31 heavy (non-hydrogen) atoms. The summed E-state index contributed by atoms with van der Waals surface area (Å²) in [6, 6.07) is 13.8. The minimum Gasteiger partial charge on any atom is -0.457 e. The van der Waals surface area contributed by atoms with E-state index in [2.05, 4.69) is 15.4 Å². The molecule has 0 atom stereocenters. The van der Waals surface area contributed by atoms with Gasteiger partial charge in [0.25, 0.3) is 0 Å². The van der Waals surface area contributed by atoms with Crippen LogP contribution in [0.25, 0.3) is 5.69 Å². The van der Waals surface area contributed by atoms with E-state index in [1.807, 2.05) is 6.92 Å². The quantitative estimate of drug-likeness (QED) is 0.487. The topological polar surface area (TPSA) is 74.0 Å². The standard InChI is InChI=1S/C22H19F2N5O2/c1-2-25-21-12-17(10-11-26-21)31-16-8-6-15(7-9-16)29-22(30)28(14-27-29)13-18-19(23)4-3-5-20(18)24/h3-12,14H,2,13H2,1H3,(H,25,26). The molecule has 7 nitrogen and oxygen atoms in total. The minimum absolute atomic E-state index is 0.192. The van der Waals surface area contributed by atoms with Gasteiger partial charge in [0, 0.05) is 24.4 Å². The number of nitrogens with zero attached hydrogens (tertiary/aromatic N) is 4. The molecular formula is C22H19F2N5O2. The normalized spacial score (nSPS) is 10.8. The van der Waals surface area contributed by atoms with Gasteiger partial charge in [-0.25, -0.2) is 18.6 Å². The highest BCUT2D eigenvalue weighted by molar-refractivity contribution is 5.43. The number of hydrogen-bond donors (Lipinski definition) is 1. The van der Waals surface area contributed by atoms with E-state index in [0.29, 0.717) is 23.0 Å². The molecule has 0 bridgehead atoms.